The lowest BCUT2D eigenvalue weighted by molar-refractivity contribution is 0.272. The Hall–Kier alpha value is -2.72. The first-order valence-corrected chi connectivity index (χ1v) is 11.1. The molecule has 1 N–H and O–H groups in total. The highest BCUT2D eigenvalue weighted by atomic mass is 15.4. The lowest BCUT2D eigenvalue weighted by atomic mass is 10.0. The average molecular weight is 400 g/mol. The van der Waals surface area contributed by atoms with Crippen molar-refractivity contribution in [2.45, 2.75) is 53.0 Å². The molecule has 2 atom stereocenters. The van der Waals surface area contributed by atoms with E-state index < -0.39 is 0 Å². The molecule has 4 nitrogen and oxygen atoms in total. The van der Waals surface area contributed by atoms with E-state index in [1.54, 1.807) is 0 Å². The highest BCUT2D eigenvalue weighted by Gasteiger charge is 2.50. The van der Waals surface area contributed by atoms with Crippen molar-refractivity contribution in [3.63, 3.8) is 0 Å². The molecule has 0 radical (unpaired) electrons. The van der Waals surface area contributed by atoms with Crippen molar-refractivity contribution in [2.24, 2.45) is 0 Å². The summed E-state index contributed by atoms with van der Waals surface area (Å²) in [5.41, 5.74) is 8.82. The van der Waals surface area contributed by atoms with E-state index in [-0.39, 0.29) is 0 Å². The fourth-order valence-corrected chi connectivity index (χ4v) is 5.82. The second-order valence-corrected chi connectivity index (χ2v) is 9.13. The Morgan fingerprint density at radius 2 is 1.67 bits per heavy atom. The normalized spacial score (nSPS) is 22.5. The van der Waals surface area contributed by atoms with Gasteiger partial charge in [0, 0.05) is 30.5 Å². The summed E-state index contributed by atoms with van der Waals surface area (Å²) in [5, 5.41) is 3.57. The molecular formula is C26H31N4+. The van der Waals surface area contributed by atoms with Crippen molar-refractivity contribution < 1.29 is 0 Å². The molecule has 2 aliphatic rings. The first-order valence-electron chi connectivity index (χ1n) is 11.1. The lowest BCUT2D eigenvalue weighted by Gasteiger charge is -2.35. The molecule has 0 amide bonds. The number of aromatic nitrogens is 2. The molecule has 2 aromatic carbocycles. The number of aryl methyl sites for hydroxylation is 4. The first kappa shape index (κ1) is 19.3. The van der Waals surface area contributed by atoms with Crippen LogP contribution in [0.4, 0.5) is 17.5 Å². The van der Waals surface area contributed by atoms with Crippen molar-refractivity contribution in [1.29, 1.82) is 0 Å². The van der Waals surface area contributed by atoms with Gasteiger partial charge in [0.2, 0.25) is 11.8 Å². The Morgan fingerprint density at radius 1 is 0.933 bits per heavy atom. The van der Waals surface area contributed by atoms with Crippen molar-refractivity contribution in [3.05, 3.63) is 76.0 Å². The third kappa shape index (κ3) is 3.02. The van der Waals surface area contributed by atoms with Gasteiger partial charge in [-0.05, 0) is 38.8 Å². The summed E-state index contributed by atoms with van der Waals surface area (Å²) in [6, 6.07) is 16.0. The monoisotopic (exact) mass is 399 g/mol. The number of nitrogens with zero attached hydrogens (tertiary/aromatic N) is 3. The highest BCUT2D eigenvalue weighted by Crippen LogP contribution is 2.48. The highest BCUT2D eigenvalue weighted by molar-refractivity contribution is 5.66. The number of quaternary nitrogens is 1. The minimum absolute atomic E-state index is 0.498. The van der Waals surface area contributed by atoms with Crippen LogP contribution in [0.3, 0.4) is 0 Å². The van der Waals surface area contributed by atoms with Gasteiger partial charge < -0.3 is 5.32 Å². The topological polar surface area (TPSA) is 37.8 Å². The summed E-state index contributed by atoms with van der Waals surface area (Å²) in [4.78, 5) is 10.0. The van der Waals surface area contributed by atoms with E-state index in [0.717, 1.165) is 34.8 Å². The molecule has 1 aromatic heterocycles. The van der Waals surface area contributed by atoms with E-state index in [9.17, 15) is 0 Å². The van der Waals surface area contributed by atoms with E-state index in [0.29, 0.717) is 6.04 Å². The van der Waals surface area contributed by atoms with Crippen LogP contribution in [0.5, 0.6) is 0 Å². The molecule has 2 unspecified atom stereocenters. The number of hydrogen-bond acceptors (Lipinski definition) is 3. The molecule has 5 rings (SSSR count). The molecule has 0 saturated carbocycles. The molecule has 3 heterocycles. The zero-order chi connectivity index (χ0) is 20.9. The minimum atomic E-state index is 0.498. The molecule has 1 saturated heterocycles. The molecule has 154 valence electrons. The van der Waals surface area contributed by atoms with Crippen LogP contribution >= 0.6 is 0 Å². The van der Waals surface area contributed by atoms with E-state index in [1.165, 1.54) is 53.0 Å². The molecular weight excluding hydrogens is 368 g/mol. The average Bonchev–Trinajstić information content (AvgIpc) is 3.31. The molecule has 0 bridgehead atoms. The fourth-order valence-electron chi connectivity index (χ4n) is 5.82. The van der Waals surface area contributed by atoms with Crippen molar-refractivity contribution in [3.8, 4) is 0 Å². The van der Waals surface area contributed by atoms with Crippen LogP contribution < -0.4 is 9.80 Å². The zero-order valence-corrected chi connectivity index (χ0v) is 18.5. The summed E-state index contributed by atoms with van der Waals surface area (Å²) in [7, 11) is 0. The number of nitrogens with one attached hydrogen (secondary N) is 1. The predicted octanol–water partition coefficient (Wildman–Crippen LogP) is 5.85. The molecule has 0 aliphatic carbocycles. The Morgan fingerprint density at radius 3 is 2.40 bits per heavy atom. The van der Waals surface area contributed by atoms with Crippen LogP contribution in [0.15, 0.2) is 42.5 Å². The SMILES string of the molecule is Cc1cc(C)c(Nc2nc(C)c3c(n2)[N+]2(CCCC2c2ccccc2)CC3)c(C)c1. The Balaban J connectivity index is 1.58. The summed E-state index contributed by atoms with van der Waals surface area (Å²) >= 11 is 0. The molecule has 30 heavy (non-hydrogen) atoms. The molecule has 2 aliphatic heterocycles. The van der Waals surface area contributed by atoms with Crippen LogP contribution in [0.2, 0.25) is 0 Å². The summed E-state index contributed by atoms with van der Waals surface area (Å²) in [6.45, 7) is 10.9. The molecule has 1 spiro atoms. The van der Waals surface area contributed by atoms with Gasteiger partial charge in [0.1, 0.15) is 6.04 Å². The van der Waals surface area contributed by atoms with E-state index >= 15 is 0 Å². The van der Waals surface area contributed by atoms with Gasteiger partial charge in [-0.25, -0.2) is 4.98 Å². The van der Waals surface area contributed by atoms with Crippen LogP contribution in [0.1, 0.15) is 52.4 Å². The van der Waals surface area contributed by atoms with Gasteiger partial charge in [-0.2, -0.15) is 4.98 Å². The van der Waals surface area contributed by atoms with E-state index in [1.807, 2.05) is 0 Å². The maximum absolute atomic E-state index is 5.18. The second-order valence-electron chi connectivity index (χ2n) is 9.13. The summed E-state index contributed by atoms with van der Waals surface area (Å²) in [6.07, 6.45) is 3.56. The number of rotatable bonds is 3. The van der Waals surface area contributed by atoms with Crippen LogP contribution in [0, 0.1) is 27.7 Å². The minimum Gasteiger partial charge on any atom is -0.324 e. The quantitative estimate of drug-likeness (QED) is 0.561. The first-order chi connectivity index (χ1) is 14.5. The van der Waals surface area contributed by atoms with Gasteiger partial charge in [0.15, 0.2) is 0 Å². The number of anilines is 2. The summed E-state index contributed by atoms with van der Waals surface area (Å²) in [5.74, 6) is 1.98. The maximum Gasteiger partial charge on any atom is 0.236 e. The van der Waals surface area contributed by atoms with Crippen LogP contribution in [-0.4, -0.2) is 23.1 Å². The van der Waals surface area contributed by atoms with Gasteiger partial charge >= 0.3 is 0 Å². The maximum atomic E-state index is 5.18. The largest absolute Gasteiger partial charge is 0.324 e. The van der Waals surface area contributed by atoms with Crippen molar-refractivity contribution in [1.82, 2.24) is 14.5 Å². The van der Waals surface area contributed by atoms with Crippen LogP contribution in [-0.2, 0) is 6.42 Å². The van der Waals surface area contributed by atoms with Gasteiger partial charge in [-0.1, -0.05) is 48.0 Å². The third-order valence-corrected chi connectivity index (χ3v) is 7.10. The molecule has 3 aromatic rings. The second kappa shape index (κ2) is 7.21. The summed E-state index contributed by atoms with van der Waals surface area (Å²) < 4.78 is 0.989. The fraction of sp³-hybridized carbons (Fsp3) is 0.385. The predicted molar refractivity (Wildman–Crippen MR) is 124 cm³/mol. The van der Waals surface area contributed by atoms with Crippen LogP contribution in [0.25, 0.3) is 0 Å². The van der Waals surface area contributed by atoms with Crippen molar-refractivity contribution >= 4 is 17.5 Å². The number of hydrogen-bond donors (Lipinski definition) is 1. The van der Waals surface area contributed by atoms with Gasteiger partial charge in [-0.15, -0.1) is 0 Å². The third-order valence-electron chi connectivity index (χ3n) is 7.10. The van der Waals surface area contributed by atoms with Gasteiger partial charge in [-0.3, -0.25) is 4.48 Å². The molecule has 4 heteroatoms. The standard InChI is InChI=1S/C26H31N4/c1-17-15-18(2)24(19(3)16-17)28-26-27-20(4)22-12-14-30(25(22)29-26)13-8-11-23(30)21-9-6-5-7-10-21/h5-7,9-10,15-16,23H,8,11-14H2,1-4H3,(H,27,28,29)/q+1. The van der Waals surface area contributed by atoms with E-state index in [4.69, 9.17) is 9.97 Å². The Bertz CT molecular complexity index is 1080. The van der Waals surface area contributed by atoms with Gasteiger partial charge in [0.05, 0.1) is 24.3 Å². The number of fused-ring (bicyclic) bond motifs is 2. The molecule has 1 fully saturated rings. The van der Waals surface area contributed by atoms with Crippen molar-refractivity contribution in [2.75, 3.05) is 18.4 Å². The lowest BCUT2D eigenvalue weighted by Crippen LogP contribution is -2.47. The Kier molecular flexibility index (Phi) is 4.62. The van der Waals surface area contributed by atoms with Gasteiger partial charge in [0.25, 0.3) is 0 Å². The Labute approximate surface area is 179 Å². The van der Waals surface area contributed by atoms with E-state index in [2.05, 4.69) is 75.5 Å². The smallest absolute Gasteiger partial charge is 0.236 e. The number of benzene rings is 2. The zero-order valence-electron chi connectivity index (χ0n) is 18.5.